The summed E-state index contributed by atoms with van der Waals surface area (Å²) >= 11 is 0. The maximum atomic E-state index is 4.02. The summed E-state index contributed by atoms with van der Waals surface area (Å²) in [7, 11) is 2.00. The molecule has 3 nitrogen and oxygen atoms in total. The molecule has 0 saturated heterocycles. The maximum Gasteiger partial charge on any atom is 0.281 e. The van der Waals surface area contributed by atoms with Gasteiger partial charge in [0, 0.05) is 6.20 Å². The molecule has 0 unspecified atom stereocenters. The van der Waals surface area contributed by atoms with Crippen molar-refractivity contribution in [3.63, 3.8) is 0 Å². The molecule has 0 atom stereocenters. The van der Waals surface area contributed by atoms with Crippen LogP contribution in [0, 0.1) is 0 Å². The number of aromatic nitrogens is 3. The summed E-state index contributed by atoms with van der Waals surface area (Å²) in [5.41, 5.74) is 1.05. The van der Waals surface area contributed by atoms with Crippen LogP contribution in [-0.4, -0.2) is 22.3 Å². The topological polar surface area (TPSA) is 30.7 Å². The summed E-state index contributed by atoms with van der Waals surface area (Å²) in [5.74, 6) is 0.467. The van der Waals surface area contributed by atoms with E-state index in [2.05, 4.69) is 31.1 Å². The number of hydrogen-bond donors (Lipinski definition) is 0. The Kier molecular flexibility index (Phi) is 2.68. The number of nitrogens with zero attached hydrogens (tertiary/aromatic N) is 3. The SMILES string of the molecule is CC[B]n1cc(C(C)C)nn1. The van der Waals surface area contributed by atoms with E-state index in [0.29, 0.717) is 5.92 Å². The summed E-state index contributed by atoms with van der Waals surface area (Å²) in [6.45, 7) is 6.30. The average molecular weight is 150 g/mol. The van der Waals surface area contributed by atoms with Crippen LogP contribution in [0.1, 0.15) is 32.4 Å². The molecule has 1 heterocycles. The van der Waals surface area contributed by atoms with Crippen LogP contribution >= 0.6 is 0 Å². The van der Waals surface area contributed by atoms with E-state index in [1.165, 1.54) is 0 Å². The molecule has 1 aromatic rings. The van der Waals surface area contributed by atoms with Crippen molar-refractivity contribution in [1.82, 2.24) is 14.9 Å². The van der Waals surface area contributed by atoms with E-state index in [9.17, 15) is 0 Å². The number of hydrogen-bond acceptors (Lipinski definition) is 2. The van der Waals surface area contributed by atoms with Crippen molar-refractivity contribution >= 4 is 7.41 Å². The standard InChI is InChI=1S/C7H13BN3/c1-4-8-11-5-7(6(2)3)9-10-11/h5-6H,4H2,1-3H3. The van der Waals surface area contributed by atoms with Gasteiger partial charge in [-0.05, 0) is 5.92 Å². The molecule has 0 spiro atoms. The molecule has 11 heavy (non-hydrogen) atoms. The monoisotopic (exact) mass is 150 g/mol. The van der Waals surface area contributed by atoms with Gasteiger partial charge in [-0.15, -0.1) is 5.10 Å². The summed E-state index contributed by atoms with van der Waals surface area (Å²) in [6, 6.07) is 0. The first-order valence-corrected chi connectivity index (χ1v) is 3.99. The molecule has 0 aromatic carbocycles. The zero-order valence-electron chi connectivity index (χ0n) is 7.28. The van der Waals surface area contributed by atoms with Gasteiger partial charge in [-0.1, -0.05) is 32.3 Å². The van der Waals surface area contributed by atoms with Gasteiger partial charge in [0.05, 0.1) is 5.69 Å². The Hall–Kier alpha value is -0.795. The fourth-order valence-electron chi connectivity index (χ4n) is 0.831. The Bertz CT molecular complexity index is 219. The third-order valence-corrected chi connectivity index (χ3v) is 1.49. The van der Waals surface area contributed by atoms with E-state index in [1.807, 2.05) is 13.6 Å². The van der Waals surface area contributed by atoms with Gasteiger partial charge in [-0.3, -0.25) is 0 Å². The fourth-order valence-corrected chi connectivity index (χ4v) is 0.831. The molecular formula is C7H13BN3. The summed E-state index contributed by atoms with van der Waals surface area (Å²) in [4.78, 5) is 0. The Morgan fingerprint density at radius 3 is 2.82 bits per heavy atom. The van der Waals surface area contributed by atoms with Crippen molar-refractivity contribution in [2.75, 3.05) is 0 Å². The second-order valence-electron chi connectivity index (χ2n) is 2.87. The lowest BCUT2D eigenvalue weighted by Gasteiger charge is -1.94. The highest BCUT2D eigenvalue weighted by Crippen LogP contribution is 2.08. The van der Waals surface area contributed by atoms with Crippen molar-refractivity contribution in [2.24, 2.45) is 0 Å². The lowest BCUT2D eigenvalue weighted by Crippen LogP contribution is -2.04. The lowest BCUT2D eigenvalue weighted by molar-refractivity contribution is 0.795. The minimum absolute atomic E-state index is 0.467. The van der Waals surface area contributed by atoms with Crippen LogP contribution in [0.15, 0.2) is 6.20 Å². The molecule has 59 valence electrons. The van der Waals surface area contributed by atoms with Gasteiger partial charge in [0.15, 0.2) is 0 Å². The predicted molar refractivity (Wildman–Crippen MR) is 45.7 cm³/mol. The van der Waals surface area contributed by atoms with Gasteiger partial charge in [-0.2, -0.15) is 0 Å². The summed E-state index contributed by atoms with van der Waals surface area (Å²) in [6.07, 6.45) is 2.95. The molecule has 0 bridgehead atoms. The molecule has 0 aliphatic heterocycles. The second kappa shape index (κ2) is 3.55. The molecule has 1 aromatic heterocycles. The zero-order chi connectivity index (χ0) is 8.27. The van der Waals surface area contributed by atoms with Gasteiger partial charge >= 0.3 is 0 Å². The van der Waals surface area contributed by atoms with Gasteiger partial charge in [0.25, 0.3) is 7.41 Å². The highest BCUT2D eigenvalue weighted by Gasteiger charge is 2.03. The smallest absolute Gasteiger partial charge is 0.281 e. The fraction of sp³-hybridized carbons (Fsp3) is 0.714. The number of rotatable bonds is 3. The highest BCUT2D eigenvalue weighted by molar-refractivity contribution is 6.32. The third-order valence-electron chi connectivity index (χ3n) is 1.49. The first kappa shape index (κ1) is 8.30. The van der Waals surface area contributed by atoms with Crippen LogP contribution in [-0.2, 0) is 0 Å². The molecule has 0 aliphatic rings. The average Bonchev–Trinajstić information content (AvgIpc) is 2.37. The van der Waals surface area contributed by atoms with Gasteiger partial charge in [0.2, 0.25) is 0 Å². The van der Waals surface area contributed by atoms with Gasteiger partial charge < -0.3 is 4.59 Å². The largest absolute Gasteiger partial charge is 0.304 e. The summed E-state index contributed by atoms with van der Waals surface area (Å²) < 4.78 is 1.77. The van der Waals surface area contributed by atoms with Gasteiger partial charge in [0.1, 0.15) is 0 Å². The van der Waals surface area contributed by atoms with E-state index in [-0.39, 0.29) is 0 Å². The molecule has 0 N–H and O–H groups in total. The van der Waals surface area contributed by atoms with Crippen molar-refractivity contribution in [2.45, 2.75) is 33.0 Å². The van der Waals surface area contributed by atoms with E-state index < -0.39 is 0 Å². The van der Waals surface area contributed by atoms with E-state index in [0.717, 1.165) is 12.0 Å². The Morgan fingerprint density at radius 1 is 1.64 bits per heavy atom. The van der Waals surface area contributed by atoms with Crippen LogP contribution in [0.2, 0.25) is 6.32 Å². The predicted octanol–water partition coefficient (Wildman–Crippen LogP) is 1.31. The third kappa shape index (κ3) is 2.07. The van der Waals surface area contributed by atoms with Crippen molar-refractivity contribution < 1.29 is 0 Å². The van der Waals surface area contributed by atoms with E-state index in [1.54, 1.807) is 4.59 Å². The Morgan fingerprint density at radius 2 is 2.36 bits per heavy atom. The minimum Gasteiger partial charge on any atom is -0.304 e. The summed E-state index contributed by atoms with van der Waals surface area (Å²) in [5, 5.41) is 7.95. The quantitative estimate of drug-likeness (QED) is 0.608. The minimum atomic E-state index is 0.467. The van der Waals surface area contributed by atoms with Crippen LogP contribution in [0.5, 0.6) is 0 Å². The molecule has 0 amide bonds. The van der Waals surface area contributed by atoms with Gasteiger partial charge in [-0.25, -0.2) is 0 Å². The normalized spacial score (nSPS) is 10.5. The van der Waals surface area contributed by atoms with Crippen molar-refractivity contribution in [1.29, 1.82) is 0 Å². The van der Waals surface area contributed by atoms with Crippen molar-refractivity contribution in [3.8, 4) is 0 Å². The highest BCUT2D eigenvalue weighted by atomic mass is 15.4. The van der Waals surface area contributed by atoms with Crippen LogP contribution in [0.4, 0.5) is 0 Å². The first-order chi connectivity index (χ1) is 5.24. The van der Waals surface area contributed by atoms with Crippen LogP contribution in [0.3, 0.4) is 0 Å². The van der Waals surface area contributed by atoms with Crippen molar-refractivity contribution in [3.05, 3.63) is 11.9 Å². The second-order valence-corrected chi connectivity index (χ2v) is 2.87. The Labute approximate surface area is 68.1 Å². The first-order valence-electron chi connectivity index (χ1n) is 3.99. The Balaban J connectivity index is 2.66. The molecule has 4 heteroatoms. The van der Waals surface area contributed by atoms with E-state index >= 15 is 0 Å². The molecule has 1 radical (unpaired) electrons. The van der Waals surface area contributed by atoms with Crippen LogP contribution in [0.25, 0.3) is 0 Å². The molecule has 1 rings (SSSR count). The molecule has 0 aliphatic carbocycles. The van der Waals surface area contributed by atoms with Crippen LogP contribution < -0.4 is 0 Å². The molecule has 0 saturated carbocycles. The maximum absolute atomic E-state index is 4.02. The zero-order valence-corrected chi connectivity index (χ0v) is 7.28. The molecule has 0 fully saturated rings. The lowest BCUT2D eigenvalue weighted by atomic mass is 9.91. The molecular weight excluding hydrogens is 137 g/mol. The van der Waals surface area contributed by atoms with E-state index in [4.69, 9.17) is 0 Å².